The van der Waals surface area contributed by atoms with E-state index in [0.29, 0.717) is 22.3 Å². The number of nitrogens with zero attached hydrogens (tertiary/aromatic N) is 1. The molecule has 2 bridgehead atoms. The molecule has 0 aliphatic heterocycles. The summed E-state index contributed by atoms with van der Waals surface area (Å²) >= 11 is 0. The second-order valence-electron chi connectivity index (χ2n) is 7.78. The van der Waals surface area contributed by atoms with Crippen LogP contribution in [0.25, 0.3) is 10.9 Å². The predicted molar refractivity (Wildman–Crippen MR) is 108 cm³/mol. The molecule has 2 aliphatic carbocycles. The van der Waals surface area contributed by atoms with Gasteiger partial charge in [0.1, 0.15) is 11.6 Å². The second kappa shape index (κ2) is 6.95. The van der Waals surface area contributed by atoms with E-state index in [4.69, 9.17) is 0 Å². The number of amides is 1. The lowest BCUT2D eigenvalue weighted by Gasteiger charge is -2.26. The van der Waals surface area contributed by atoms with Crippen molar-refractivity contribution in [2.24, 2.45) is 17.8 Å². The summed E-state index contributed by atoms with van der Waals surface area (Å²) in [5.41, 5.74) is 0.889. The number of hydrogen-bond donors (Lipinski definition) is 2. The van der Waals surface area contributed by atoms with Crippen LogP contribution in [-0.2, 0) is 11.3 Å². The summed E-state index contributed by atoms with van der Waals surface area (Å²) in [7, 11) is 0. The van der Waals surface area contributed by atoms with Crippen molar-refractivity contribution in [2.75, 3.05) is 0 Å². The highest BCUT2D eigenvalue weighted by Crippen LogP contribution is 2.52. The number of aromatic nitrogens is 2. The van der Waals surface area contributed by atoms with Crippen LogP contribution in [0.15, 0.2) is 65.5 Å². The number of benzene rings is 2. The third-order valence-corrected chi connectivity index (χ3v) is 6.12. The van der Waals surface area contributed by atoms with Gasteiger partial charge in [0, 0.05) is 18.0 Å². The Balaban J connectivity index is 1.45. The van der Waals surface area contributed by atoms with E-state index in [-0.39, 0.29) is 47.5 Å². The normalized spacial score (nSPS) is 24.9. The molecule has 3 aromatic rings. The van der Waals surface area contributed by atoms with Crippen molar-refractivity contribution >= 4 is 16.8 Å². The number of carbonyl (C=O) groups excluding carboxylic acids is 1. The topological polar surface area (TPSA) is 74.8 Å². The number of nitrogens with one attached hydrogen (secondary N) is 2. The minimum absolute atomic E-state index is 0.0994. The summed E-state index contributed by atoms with van der Waals surface area (Å²) in [4.78, 5) is 33.2. The molecule has 4 atom stereocenters. The van der Waals surface area contributed by atoms with E-state index in [1.54, 1.807) is 30.3 Å². The molecule has 2 N–H and O–H groups in total. The Bertz CT molecular complexity index is 1190. The van der Waals surface area contributed by atoms with Crippen molar-refractivity contribution in [1.82, 2.24) is 15.3 Å². The lowest BCUT2D eigenvalue weighted by Crippen LogP contribution is -2.37. The predicted octanol–water partition coefficient (Wildman–Crippen LogP) is 3.28. The Morgan fingerprint density at radius 1 is 1.10 bits per heavy atom. The number of H-pyrrole nitrogens is 1. The Kier molecular flexibility index (Phi) is 4.27. The molecule has 1 aromatic heterocycles. The summed E-state index contributed by atoms with van der Waals surface area (Å²) in [5, 5.41) is 3.42. The number of fused-ring (bicyclic) bond motifs is 3. The highest BCUT2D eigenvalue weighted by molar-refractivity contribution is 5.82. The maximum atomic E-state index is 13.9. The van der Waals surface area contributed by atoms with E-state index in [0.717, 1.165) is 6.42 Å². The van der Waals surface area contributed by atoms with Gasteiger partial charge in [-0.15, -0.1) is 0 Å². The Labute approximate surface area is 166 Å². The van der Waals surface area contributed by atoms with Gasteiger partial charge in [0.25, 0.3) is 5.56 Å². The minimum atomic E-state index is -0.335. The number of allylic oxidation sites excluding steroid dienone is 2. The zero-order valence-electron chi connectivity index (χ0n) is 15.6. The Morgan fingerprint density at radius 2 is 1.86 bits per heavy atom. The highest BCUT2D eigenvalue weighted by Gasteiger charge is 2.49. The van der Waals surface area contributed by atoms with Gasteiger partial charge in [-0.25, -0.2) is 9.37 Å². The third-order valence-electron chi connectivity index (χ3n) is 6.12. The first kappa shape index (κ1) is 17.8. The van der Waals surface area contributed by atoms with E-state index in [2.05, 4.69) is 27.4 Å². The molecule has 1 saturated carbocycles. The molecule has 5 nitrogen and oxygen atoms in total. The molecule has 1 fully saturated rings. The van der Waals surface area contributed by atoms with Crippen LogP contribution in [0.3, 0.4) is 0 Å². The zero-order chi connectivity index (χ0) is 20.0. The van der Waals surface area contributed by atoms with E-state index in [1.807, 2.05) is 12.1 Å². The molecule has 1 heterocycles. The van der Waals surface area contributed by atoms with Crippen LogP contribution in [0.1, 0.15) is 23.7 Å². The maximum absolute atomic E-state index is 13.9. The standard InChI is InChI=1S/C23H20FN3O2/c24-17-7-3-1-5-15(17)12-25-23(29)20-14-10-9-13(11-14)19(20)21-26-18-8-4-2-6-16(18)22(28)27-21/h1-10,13-14,19-20H,11-12H2,(H,25,29)(H,26,27,28)/t13-,14+,19-,20-/m1/s1. The first-order valence-corrected chi connectivity index (χ1v) is 9.80. The maximum Gasteiger partial charge on any atom is 0.258 e. The van der Waals surface area contributed by atoms with Crippen LogP contribution in [0.2, 0.25) is 0 Å². The number of carbonyl (C=O) groups is 1. The number of halogens is 1. The number of para-hydroxylation sites is 1. The van der Waals surface area contributed by atoms with Crippen molar-refractivity contribution in [3.63, 3.8) is 0 Å². The first-order chi connectivity index (χ1) is 14.1. The average molecular weight is 389 g/mol. The molecule has 2 aromatic carbocycles. The van der Waals surface area contributed by atoms with Crippen LogP contribution < -0.4 is 10.9 Å². The summed E-state index contributed by atoms with van der Waals surface area (Å²) in [6.45, 7) is 0.136. The minimum Gasteiger partial charge on any atom is -0.352 e. The molecular formula is C23H20FN3O2. The third kappa shape index (κ3) is 3.05. The van der Waals surface area contributed by atoms with Gasteiger partial charge in [-0.1, -0.05) is 42.5 Å². The largest absolute Gasteiger partial charge is 0.352 e. The Morgan fingerprint density at radius 3 is 2.72 bits per heavy atom. The highest BCUT2D eigenvalue weighted by atomic mass is 19.1. The van der Waals surface area contributed by atoms with Crippen molar-refractivity contribution in [3.8, 4) is 0 Å². The number of aromatic amines is 1. The van der Waals surface area contributed by atoms with E-state index in [9.17, 15) is 14.0 Å². The molecule has 0 unspecified atom stereocenters. The summed E-state index contributed by atoms with van der Waals surface area (Å²) in [6.07, 6.45) is 5.05. The van der Waals surface area contributed by atoms with Gasteiger partial charge < -0.3 is 10.3 Å². The van der Waals surface area contributed by atoms with Crippen LogP contribution >= 0.6 is 0 Å². The lowest BCUT2D eigenvalue weighted by molar-refractivity contribution is -0.126. The molecule has 146 valence electrons. The van der Waals surface area contributed by atoms with E-state index in [1.165, 1.54) is 6.07 Å². The second-order valence-corrected chi connectivity index (χ2v) is 7.78. The van der Waals surface area contributed by atoms with Gasteiger partial charge in [0.15, 0.2) is 0 Å². The molecule has 0 radical (unpaired) electrons. The summed E-state index contributed by atoms with van der Waals surface area (Å²) in [6, 6.07) is 13.6. The fourth-order valence-electron chi connectivity index (χ4n) is 4.76. The quantitative estimate of drug-likeness (QED) is 0.673. The Hall–Kier alpha value is -3.28. The van der Waals surface area contributed by atoms with Gasteiger partial charge in [-0.05, 0) is 36.5 Å². The lowest BCUT2D eigenvalue weighted by atomic mass is 9.81. The molecule has 29 heavy (non-hydrogen) atoms. The summed E-state index contributed by atoms with van der Waals surface area (Å²) in [5.74, 6) is -0.180. The van der Waals surface area contributed by atoms with Gasteiger partial charge in [0.05, 0.1) is 16.8 Å². The fourth-order valence-corrected chi connectivity index (χ4v) is 4.76. The zero-order valence-corrected chi connectivity index (χ0v) is 15.6. The summed E-state index contributed by atoms with van der Waals surface area (Å²) < 4.78 is 13.9. The van der Waals surface area contributed by atoms with Crippen molar-refractivity contribution in [2.45, 2.75) is 18.9 Å². The average Bonchev–Trinajstić information content (AvgIpc) is 3.35. The van der Waals surface area contributed by atoms with Crippen LogP contribution in [-0.4, -0.2) is 15.9 Å². The number of rotatable bonds is 4. The van der Waals surface area contributed by atoms with Crippen molar-refractivity contribution < 1.29 is 9.18 Å². The SMILES string of the molecule is O=C(NCc1ccccc1F)[C@H]1[C@H](c2nc3ccccc3c(=O)[nH]2)[C@@H]2C=C[C@H]1C2. The van der Waals surface area contributed by atoms with Crippen LogP contribution in [0.5, 0.6) is 0 Å². The van der Waals surface area contributed by atoms with Crippen LogP contribution in [0.4, 0.5) is 4.39 Å². The van der Waals surface area contributed by atoms with Crippen LogP contribution in [0, 0.1) is 23.6 Å². The van der Waals surface area contributed by atoms with Gasteiger partial charge in [0.2, 0.25) is 5.91 Å². The monoisotopic (exact) mass is 389 g/mol. The van der Waals surface area contributed by atoms with Gasteiger partial charge >= 0.3 is 0 Å². The van der Waals surface area contributed by atoms with Gasteiger partial charge in [-0.2, -0.15) is 0 Å². The molecule has 5 rings (SSSR count). The van der Waals surface area contributed by atoms with Crippen molar-refractivity contribution in [1.29, 1.82) is 0 Å². The molecule has 1 amide bonds. The number of hydrogen-bond acceptors (Lipinski definition) is 3. The fraction of sp³-hybridized carbons (Fsp3) is 0.261. The smallest absolute Gasteiger partial charge is 0.258 e. The molecule has 0 saturated heterocycles. The van der Waals surface area contributed by atoms with E-state index < -0.39 is 0 Å². The molecule has 6 heteroatoms. The molecule has 2 aliphatic rings. The molecule has 0 spiro atoms. The van der Waals surface area contributed by atoms with Crippen molar-refractivity contribution in [3.05, 3.63) is 88.2 Å². The first-order valence-electron chi connectivity index (χ1n) is 9.80. The molecular weight excluding hydrogens is 369 g/mol. The van der Waals surface area contributed by atoms with E-state index >= 15 is 0 Å². The van der Waals surface area contributed by atoms with Gasteiger partial charge in [-0.3, -0.25) is 9.59 Å².